The number of hydrogen-bond acceptors (Lipinski definition) is 4. The van der Waals surface area contributed by atoms with Crippen molar-refractivity contribution in [3.63, 3.8) is 0 Å². The van der Waals surface area contributed by atoms with Crippen molar-refractivity contribution in [3.05, 3.63) is 35.6 Å². The van der Waals surface area contributed by atoms with E-state index in [1.807, 2.05) is 4.90 Å². The van der Waals surface area contributed by atoms with Gasteiger partial charge in [-0.1, -0.05) is 12.1 Å². The van der Waals surface area contributed by atoms with Crippen LogP contribution in [-0.4, -0.2) is 74.2 Å². The molecule has 3 rings (SSSR count). The smallest absolute Gasteiger partial charge is 0.227 e. The van der Waals surface area contributed by atoms with Gasteiger partial charge in [0.25, 0.3) is 0 Å². The first-order valence-corrected chi connectivity index (χ1v) is 9.27. The Morgan fingerprint density at radius 2 is 2.00 bits per heavy atom. The molecule has 0 spiro atoms. The molecule has 1 atom stereocenters. The molecule has 2 aliphatic rings. The van der Waals surface area contributed by atoms with Crippen molar-refractivity contribution >= 4 is 18.3 Å². The van der Waals surface area contributed by atoms with E-state index in [0.717, 1.165) is 70.9 Å². The third kappa shape index (κ3) is 6.20. The Balaban J connectivity index is 0.00000243. The van der Waals surface area contributed by atoms with Gasteiger partial charge in [-0.15, -0.1) is 12.4 Å². The number of nitrogens with one attached hydrogen (secondary N) is 1. The highest BCUT2D eigenvalue weighted by Gasteiger charge is 2.26. The van der Waals surface area contributed by atoms with Crippen molar-refractivity contribution in [2.24, 2.45) is 0 Å². The van der Waals surface area contributed by atoms with E-state index in [1.54, 1.807) is 12.1 Å². The predicted molar refractivity (Wildman–Crippen MR) is 102 cm³/mol. The van der Waals surface area contributed by atoms with Gasteiger partial charge in [0.1, 0.15) is 5.82 Å². The van der Waals surface area contributed by atoms with Crippen LogP contribution in [0.15, 0.2) is 24.3 Å². The molecule has 0 bridgehead atoms. The molecule has 2 fully saturated rings. The Kier molecular flexibility index (Phi) is 8.78. The minimum Gasteiger partial charge on any atom is -0.379 e. The van der Waals surface area contributed by atoms with Gasteiger partial charge in [0, 0.05) is 38.8 Å². The summed E-state index contributed by atoms with van der Waals surface area (Å²) < 4.78 is 18.5. The molecule has 7 heteroatoms. The largest absolute Gasteiger partial charge is 0.379 e. The number of morpholine rings is 1. The average Bonchev–Trinajstić information content (AvgIpc) is 2.65. The molecule has 1 unspecified atom stereocenters. The van der Waals surface area contributed by atoms with Crippen LogP contribution in [0.4, 0.5) is 4.39 Å². The lowest BCUT2D eigenvalue weighted by atomic mass is 10.0. The molecule has 0 saturated carbocycles. The van der Waals surface area contributed by atoms with Crippen molar-refractivity contribution in [1.29, 1.82) is 0 Å². The number of amides is 1. The van der Waals surface area contributed by atoms with Gasteiger partial charge in [-0.3, -0.25) is 9.69 Å². The lowest BCUT2D eigenvalue weighted by Gasteiger charge is -2.37. The molecule has 2 aliphatic heterocycles. The maximum atomic E-state index is 13.1. The number of benzene rings is 1. The summed E-state index contributed by atoms with van der Waals surface area (Å²) in [6, 6.07) is 6.49. The Hall–Kier alpha value is -1.21. The monoisotopic (exact) mass is 385 g/mol. The van der Waals surface area contributed by atoms with Crippen molar-refractivity contribution < 1.29 is 13.9 Å². The van der Waals surface area contributed by atoms with Crippen LogP contribution < -0.4 is 5.32 Å². The van der Waals surface area contributed by atoms with Gasteiger partial charge in [0.15, 0.2) is 0 Å². The zero-order chi connectivity index (χ0) is 17.5. The van der Waals surface area contributed by atoms with Gasteiger partial charge in [-0.05, 0) is 37.1 Å². The van der Waals surface area contributed by atoms with E-state index in [4.69, 9.17) is 4.74 Å². The van der Waals surface area contributed by atoms with Gasteiger partial charge >= 0.3 is 0 Å². The van der Waals surface area contributed by atoms with Crippen LogP contribution in [0, 0.1) is 5.82 Å². The van der Waals surface area contributed by atoms with E-state index in [9.17, 15) is 9.18 Å². The SMILES string of the molecule is Cl.O=C(Cc1ccc(F)cc1)N(CCN1CCOCC1)C1CCCNC1. The topological polar surface area (TPSA) is 44.8 Å². The Morgan fingerprint density at radius 1 is 1.27 bits per heavy atom. The zero-order valence-electron chi connectivity index (χ0n) is 15.2. The number of carbonyl (C=O) groups is 1. The second kappa shape index (κ2) is 10.8. The number of ether oxygens (including phenoxy) is 1. The molecule has 2 heterocycles. The van der Waals surface area contributed by atoms with Crippen molar-refractivity contribution in [3.8, 4) is 0 Å². The highest BCUT2D eigenvalue weighted by molar-refractivity contribution is 5.85. The first-order valence-electron chi connectivity index (χ1n) is 9.27. The molecule has 2 saturated heterocycles. The highest BCUT2D eigenvalue weighted by Crippen LogP contribution is 2.14. The molecule has 0 radical (unpaired) electrons. The summed E-state index contributed by atoms with van der Waals surface area (Å²) in [5, 5.41) is 3.40. The minimum atomic E-state index is -0.267. The number of hydrogen-bond donors (Lipinski definition) is 1. The maximum absolute atomic E-state index is 13.1. The summed E-state index contributed by atoms with van der Waals surface area (Å²) in [5.74, 6) is -0.134. The molecular formula is C19H29ClFN3O2. The number of nitrogens with zero attached hydrogens (tertiary/aromatic N) is 2. The van der Waals surface area contributed by atoms with Gasteiger partial charge in [-0.25, -0.2) is 4.39 Å². The maximum Gasteiger partial charge on any atom is 0.227 e. The van der Waals surface area contributed by atoms with E-state index < -0.39 is 0 Å². The first-order chi connectivity index (χ1) is 12.2. The summed E-state index contributed by atoms with van der Waals surface area (Å²) in [4.78, 5) is 17.3. The second-order valence-electron chi connectivity index (χ2n) is 6.84. The van der Waals surface area contributed by atoms with Gasteiger partial charge in [0.05, 0.1) is 19.6 Å². The van der Waals surface area contributed by atoms with Crippen LogP contribution in [-0.2, 0) is 16.0 Å². The lowest BCUT2D eigenvalue weighted by molar-refractivity contribution is -0.133. The van der Waals surface area contributed by atoms with Crippen LogP contribution in [0.25, 0.3) is 0 Å². The van der Waals surface area contributed by atoms with Crippen molar-refractivity contribution in [2.75, 3.05) is 52.5 Å². The zero-order valence-corrected chi connectivity index (χ0v) is 16.0. The highest BCUT2D eigenvalue weighted by atomic mass is 35.5. The van der Waals surface area contributed by atoms with Crippen LogP contribution in [0.2, 0.25) is 0 Å². The molecule has 1 aromatic rings. The summed E-state index contributed by atoms with van der Waals surface area (Å²) in [5.41, 5.74) is 0.867. The number of halogens is 2. The quantitative estimate of drug-likeness (QED) is 0.809. The van der Waals surface area contributed by atoms with E-state index in [-0.39, 0.29) is 30.2 Å². The molecule has 0 aliphatic carbocycles. The van der Waals surface area contributed by atoms with Gasteiger partial charge in [0.2, 0.25) is 5.91 Å². The normalized spacial score (nSPS) is 21.0. The van der Waals surface area contributed by atoms with Crippen molar-refractivity contribution in [2.45, 2.75) is 25.3 Å². The van der Waals surface area contributed by atoms with Crippen LogP contribution in [0.5, 0.6) is 0 Å². The van der Waals surface area contributed by atoms with Gasteiger partial charge < -0.3 is 15.0 Å². The lowest BCUT2D eigenvalue weighted by Crippen LogP contribution is -2.52. The molecule has 0 aromatic heterocycles. The third-order valence-corrected chi connectivity index (χ3v) is 5.06. The first kappa shape index (κ1) is 21.1. The molecule has 1 N–H and O–H groups in total. The van der Waals surface area contributed by atoms with Gasteiger partial charge in [-0.2, -0.15) is 0 Å². The number of rotatable bonds is 6. The van der Waals surface area contributed by atoms with E-state index >= 15 is 0 Å². The van der Waals surface area contributed by atoms with Crippen molar-refractivity contribution in [1.82, 2.24) is 15.1 Å². The molecule has 1 amide bonds. The third-order valence-electron chi connectivity index (χ3n) is 5.06. The number of piperidine rings is 1. The van der Waals surface area contributed by atoms with E-state index in [0.29, 0.717) is 6.42 Å². The summed E-state index contributed by atoms with van der Waals surface area (Å²) in [7, 11) is 0. The summed E-state index contributed by atoms with van der Waals surface area (Å²) >= 11 is 0. The fourth-order valence-electron chi connectivity index (χ4n) is 3.56. The Labute approximate surface area is 161 Å². The minimum absolute atomic E-state index is 0. The summed E-state index contributed by atoms with van der Waals surface area (Å²) in [6.45, 7) is 6.93. The Bertz CT molecular complexity index is 546. The number of carbonyl (C=O) groups excluding carboxylic acids is 1. The fourth-order valence-corrected chi connectivity index (χ4v) is 3.56. The fraction of sp³-hybridized carbons (Fsp3) is 0.632. The molecular weight excluding hydrogens is 357 g/mol. The molecule has 146 valence electrons. The summed E-state index contributed by atoms with van der Waals surface area (Å²) in [6.07, 6.45) is 2.48. The average molecular weight is 386 g/mol. The standard InChI is InChI=1S/C19H28FN3O2.ClH/c20-17-5-3-16(4-6-17)14-19(24)23(18-2-1-7-21-15-18)9-8-22-10-12-25-13-11-22;/h3-6,18,21H,1-2,7-15H2;1H. The Morgan fingerprint density at radius 3 is 2.65 bits per heavy atom. The molecule has 1 aromatic carbocycles. The molecule has 5 nitrogen and oxygen atoms in total. The van der Waals surface area contributed by atoms with E-state index in [2.05, 4.69) is 10.2 Å². The van der Waals surface area contributed by atoms with E-state index in [1.165, 1.54) is 12.1 Å². The predicted octanol–water partition coefficient (Wildman–Crippen LogP) is 1.70. The van der Waals surface area contributed by atoms with Crippen LogP contribution >= 0.6 is 12.4 Å². The van der Waals surface area contributed by atoms with Crippen LogP contribution in [0.3, 0.4) is 0 Å². The molecule has 26 heavy (non-hydrogen) atoms. The second-order valence-corrected chi connectivity index (χ2v) is 6.84. The van der Waals surface area contributed by atoms with Crippen LogP contribution in [0.1, 0.15) is 18.4 Å².